The zero-order valence-corrected chi connectivity index (χ0v) is 8.23. The first kappa shape index (κ1) is 9.00. The van der Waals surface area contributed by atoms with Gasteiger partial charge in [-0.25, -0.2) is 0 Å². The van der Waals surface area contributed by atoms with Gasteiger partial charge in [0.25, 0.3) is 0 Å². The quantitative estimate of drug-likeness (QED) is 0.699. The van der Waals surface area contributed by atoms with Crippen LogP contribution in [0.4, 0.5) is 0 Å². The molecule has 3 heteroatoms. The van der Waals surface area contributed by atoms with Gasteiger partial charge in [0.1, 0.15) is 0 Å². The van der Waals surface area contributed by atoms with E-state index in [4.69, 9.17) is 5.11 Å². The predicted octanol–water partition coefficient (Wildman–Crippen LogP) is 1.19. The Balaban J connectivity index is 2.03. The van der Waals surface area contributed by atoms with Gasteiger partial charge in [-0.05, 0) is 32.6 Å². The third-order valence-corrected chi connectivity index (χ3v) is 3.56. The van der Waals surface area contributed by atoms with Crippen molar-refractivity contribution >= 4 is 5.97 Å². The van der Waals surface area contributed by atoms with E-state index in [0.717, 1.165) is 19.4 Å². The van der Waals surface area contributed by atoms with Crippen LogP contribution < -0.4 is 0 Å². The fourth-order valence-electron chi connectivity index (χ4n) is 2.92. The summed E-state index contributed by atoms with van der Waals surface area (Å²) < 4.78 is 0. The van der Waals surface area contributed by atoms with E-state index in [0.29, 0.717) is 18.0 Å². The number of piperidine rings is 1. The number of carboxylic acids is 1. The highest BCUT2D eigenvalue weighted by atomic mass is 16.4. The minimum Gasteiger partial charge on any atom is -0.481 e. The van der Waals surface area contributed by atoms with Crippen molar-refractivity contribution in [2.45, 2.75) is 38.8 Å². The Morgan fingerprint density at radius 2 is 2.15 bits per heavy atom. The maximum Gasteiger partial charge on any atom is 0.306 e. The molecule has 0 aromatic heterocycles. The molecular weight excluding hydrogens is 166 g/mol. The molecule has 1 aliphatic heterocycles. The fraction of sp³-hybridized carbons (Fsp3) is 0.900. The molecule has 0 aromatic rings. The summed E-state index contributed by atoms with van der Waals surface area (Å²) in [7, 11) is 0. The predicted molar refractivity (Wildman–Crippen MR) is 49.5 cm³/mol. The van der Waals surface area contributed by atoms with Crippen LogP contribution in [0.5, 0.6) is 0 Å². The highest BCUT2D eigenvalue weighted by molar-refractivity contribution is 5.71. The second-order valence-corrected chi connectivity index (χ2v) is 4.62. The summed E-state index contributed by atoms with van der Waals surface area (Å²) in [5.41, 5.74) is 0. The number of hydrogen-bond donors (Lipinski definition) is 1. The molecule has 1 aliphatic carbocycles. The van der Waals surface area contributed by atoms with Crippen LogP contribution in [0.1, 0.15) is 26.7 Å². The molecule has 3 nitrogen and oxygen atoms in total. The number of carbonyl (C=O) groups is 1. The molecule has 1 saturated carbocycles. The smallest absolute Gasteiger partial charge is 0.306 e. The lowest BCUT2D eigenvalue weighted by molar-refractivity contribution is -0.144. The van der Waals surface area contributed by atoms with Crippen molar-refractivity contribution in [3.63, 3.8) is 0 Å². The summed E-state index contributed by atoms with van der Waals surface area (Å²) in [6.45, 7) is 5.38. The Bertz CT molecular complexity index is 227. The standard InChI is InChI=1S/C10H17NO2/c1-6(2)11-5-7-3-8(11)4-9(7)10(12)13/h6-9H,3-5H2,1-2H3,(H,12,13). The second kappa shape index (κ2) is 2.98. The van der Waals surface area contributed by atoms with Crippen molar-refractivity contribution < 1.29 is 9.90 Å². The van der Waals surface area contributed by atoms with Gasteiger partial charge in [-0.3, -0.25) is 9.69 Å². The topological polar surface area (TPSA) is 40.5 Å². The summed E-state index contributed by atoms with van der Waals surface area (Å²) >= 11 is 0. The minimum absolute atomic E-state index is 0.0556. The van der Waals surface area contributed by atoms with E-state index in [9.17, 15) is 4.79 Å². The van der Waals surface area contributed by atoms with Crippen LogP contribution in [0.3, 0.4) is 0 Å². The molecule has 3 atom stereocenters. The third kappa shape index (κ3) is 1.35. The van der Waals surface area contributed by atoms with Crippen LogP contribution in [0, 0.1) is 11.8 Å². The number of fused-ring (bicyclic) bond motifs is 2. The number of rotatable bonds is 2. The molecular formula is C10H17NO2. The van der Waals surface area contributed by atoms with Crippen molar-refractivity contribution in [3.8, 4) is 0 Å². The van der Waals surface area contributed by atoms with E-state index >= 15 is 0 Å². The van der Waals surface area contributed by atoms with Crippen molar-refractivity contribution in [2.75, 3.05) is 6.54 Å². The molecule has 13 heavy (non-hydrogen) atoms. The monoisotopic (exact) mass is 183 g/mol. The van der Waals surface area contributed by atoms with Crippen LogP contribution in [-0.2, 0) is 4.79 Å². The average Bonchev–Trinajstić information content (AvgIpc) is 2.60. The Morgan fingerprint density at radius 1 is 1.46 bits per heavy atom. The van der Waals surface area contributed by atoms with E-state index in [1.54, 1.807) is 0 Å². The van der Waals surface area contributed by atoms with E-state index in [1.807, 2.05) is 0 Å². The van der Waals surface area contributed by atoms with E-state index in [1.165, 1.54) is 0 Å². The Morgan fingerprint density at radius 3 is 2.54 bits per heavy atom. The lowest BCUT2D eigenvalue weighted by Gasteiger charge is -2.32. The highest BCUT2D eigenvalue weighted by Crippen LogP contribution is 2.42. The summed E-state index contributed by atoms with van der Waals surface area (Å²) in [6, 6.07) is 1.12. The van der Waals surface area contributed by atoms with Gasteiger partial charge in [-0.1, -0.05) is 0 Å². The number of carboxylic acid groups (broad SMARTS) is 1. The summed E-state index contributed by atoms with van der Waals surface area (Å²) in [6.07, 6.45) is 1.98. The normalized spacial score (nSPS) is 38.8. The SMILES string of the molecule is CC(C)N1CC2CC1CC2C(=O)O. The number of nitrogens with zero attached hydrogens (tertiary/aromatic N) is 1. The van der Waals surface area contributed by atoms with Crippen LogP contribution >= 0.6 is 0 Å². The number of aliphatic carboxylic acids is 1. The van der Waals surface area contributed by atoms with Gasteiger partial charge in [0.2, 0.25) is 0 Å². The minimum atomic E-state index is -0.587. The Labute approximate surface area is 78.7 Å². The first-order valence-corrected chi connectivity index (χ1v) is 5.08. The van der Waals surface area contributed by atoms with Gasteiger partial charge in [0, 0.05) is 18.6 Å². The van der Waals surface area contributed by atoms with Crippen LogP contribution in [-0.4, -0.2) is 34.6 Å². The van der Waals surface area contributed by atoms with E-state index in [2.05, 4.69) is 18.7 Å². The third-order valence-electron chi connectivity index (χ3n) is 3.56. The average molecular weight is 183 g/mol. The zero-order chi connectivity index (χ0) is 9.59. The lowest BCUT2D eigenvalue weighted by Crippen LogP contribution is -2.41. The fourth-order valence-corrected chi connectivity index (χ4v) is 2.92. The molecule has 74 valence electrons. The van der Waals surface area contributed by atoms with Crippen LogP contribution in [0.15, 0.2) is 0 Å². The second-order valence-electron chi connectivity index (χ2n) is 4.62. The first-order chi connectivity index (χ1) is 6.09. The maximum absolute atomic E-state index is 10.8. The molecule has 2 aliphatic rings. The van der Waals surface area contributed by atoms with Crippen molar-refractivity contribution in [1.82, 2.24) is 4.90 Å². The van der Waals surface area contributed by atoms with E-state index in [-0.39, 0.29) is 5.92 Å². The van der Waals surface area contributed by atoms with Crippen LogP contribution in [0.25, 0.3) is 0 Å². The van der Waals surface area contributed by atoms with Gasteiger partial charge in [0.05, 0.1) is 5.92 Å². The van der Waals surface area contributed by atoms with E-state index < -0.39 is 5.97 Å². The lowest BCUT2D eigenvalue weighted by atomic mass is 9.94. The number of hydrogen-bond acceptors (Lipinski definition) is 2. The van der Waals surface area contributed by atoms with Crippen LogP contribution in [0.2, 0.25) is 0 Å². The Hall–Kier alpha value is -0.570. The Kier molecular flexibility index (Phi) is 2.06. The van der Waals surface area contributed by atoms with Gasteiger partial charge in [-0.2, -0.15) is 0 Å². The van der Waals surface area contributed by atoms with Gasteiger partial charge >= 0.3 is 5.97 Å². The largest absolute Gasteiger partial charge is 0.481 e. The molecule has 3 unspecified atom stereocenters. The molecule has 0 aromatic carbocycles. The summed E-state index contributed by atoms with van der Waals surface area (Å²) in [5.74, 6) is -0.221. The van der Waals surface area contributed by atoms with Gasteiger partial charge < -0.3 is 5.11 Å². The molecule has 0 spiro atoms. The molecule has 0 radical (unpaired) electrons. The molecule has 2 fully saturated rings. The summed E-state index contributed by atoms with van der Waals surface area (Å²) in [5, 5.41) is 8.94. The highest BCUT2D eigenvalue weighted by Gasteiger charge is 2.47. The summed E-state index contributed by atoms with van der Waals surface area (Å²) in [4.78, 5) is 13.3. The molecule has 1 N–H and O–H groups in total. The van der Waals surface area contributed by atoms with Crippen molar-refractivity contribution in [1.29, 1.82) is 0 Å². The maximum atomic E-state index is 10.8. The molecule has 2 bridgehead atoms. The molecule has 0 amide bonds. The first-order valence-electron chi connectivity index (χ1n) is 5.08. The molecule has 1 saturated heterocycles. The zero-order valence-electron chi connectivity index (χ0n) is 8.23. The molecule has 1 heterocycles. The van der Waals surface area contributed by atoms with Gasteiger partial charge in [-0.15, -0.1) is 0 Å². The number of likely N-dealkylation sites (tertiary alicyclic amines) is 1. The van der Waals surface area contributed by atoms with Gasteiger partial charge in [0.15, 0.2) is 0 Å². The van der Waals surface area contributed by atoms with Crippen molar-refractivity contribution in [3.05, 3.63) is 0 Å². The molecule has 2 rings (SSSR count). The van der Waals surface area contributed by atoms with Crippen molar-refractivity contribution in [2.24, 2.45) is 11.8 Å².